The summed E-state index contributed by atoms with van der Waals surface area (Å²) in [6.45, 7) is 10.4. The molecule has 412 valence electrons. The number of carbonyl (C=O) groups is 7. The number of nitrogens with zero attached hydrogens (tertiary/aromatic N) is 7. The fourth-order valence-electron chi connectivity index (χ4n) is 11.3. The van der Waals surface area contributed by atoms with Crippen LogP contribution in [0.25, 0.3) is 11.3 Å². The fraction of sp³-hybridized carbons (Fsp3) is 0.283. The molecular formula is C60H56FN11O9. The molecule has 2 atom stereocenters. The third-order valence-corrected chi connectivity index (χ3v) is 15.4. The lowest BCUT2D eigenvalue weighted by Crippen LogP contribution is -2.38. The van der Waals surface area contributed by atoms with Gasteiger partial charge in [0.1, 0.15) is 34.3 Å². The molecule has 0 spiro atoms. The van der Waals surface area contributed by atoms with Gasteiger partial charge >= 0.3 is 0 Å². The monoisotopic (exact) mass is 1090 g/mol. The number of likely N-dealkylation sites (N-methyl/N-ethyl adjacent to an activating group) is 1. The van der Waals surface area contributed by atoms with Crippen LogP contribution < -0.4 is 35.6 Å². The number of aromatic nitrogens is 6. The van der Waals surface area contributed by atoms with Crippen LogP contribution in [0.15, 0.2) is 91.3 Å². The van der Waals surface area contributed by atoms with Crippen molar-refractivity contribution in [3.63, 3.8) is 0 Å². The molecule has 0 bridgehead atoms. The van der Waals surface area contributed by atoms with Crippen molar-refractivity contribution in [1.29, 1.82) is 0 Å². The van der Waals surface area contributed by atoms with Crippen molar-refractivity contribution < 1.29 is 47.4 Å². The lowest BCUT2D eigenvalue weighted by molar-refractivity contribution is -0.121. The molecule has 0 fully saturated rings. The molecule has 0 radical (unpaired) electrons. The number of halogens is 1. The Balaban J connectivity index is 0.000000172. The Hall–Kier alpha value is -9.66. The van der Waals surface area contributed by atoms with Crippen molar-refractivity contribution in [1.82, 2.24) is 50.5 Å². The highest BCUT2D eigenvalue weighted by atomic mass is 19.1. The summed E-state index contributed by atoms with van der Waals surface area (Å²) in [6, 6.07) is 22.4. The SMILES string of the molecule is CC(=O)c1ccc2c(c1C)CC[C@@H]2NC(=O)c1cc(C(=O)NCc2ccc3c(c2)CCO3)nc2ccnn12.CCN1C(=O)COc2ccc(CNC(=O)c3cc(C(=O)N[C@H]4CCc5c4ccc(C(C)=O)c5C)n4ncc(F)c4n3)cc21. The number of Topliss-reactive ketones (excluding diaryl/α,β-unsaturated/α-hetero) is 2. The van der Waals surface area contributed by atoms with E-state index in [1.54, 1.807) is 48.4 Å². The van der Waals surface area contributed by atoms with Gasteiger partial charge in [0.2, 0.25) is 0 Å². The molecule has 12 rings (SSSR count). The molecule has 6 heterocycles. The van der Waals surface area contributed by atoms with Crippen molar-refractivity contribution >= 4 is 58.1 Å². The van der Waals surface area contributed by atoms with E-state index in [1.165, 1.54) is 23.6 Å². The van der Waals surface area contributed by atoms with Crippen molar-refractivity contribution in [2.24, 2.45) is 0 Å². The van der Waals surface area contributed by atoms with Crippen LogP contribution >= 0.6 is 0 Å². The van der Waals surface area contributed by atoms with Crippen LogP contribution in [0, 0.1) is 19.7 Å². The summed E-state index contributed by atoms with van der Waals surface area (Å²) in [7, 11) is 0. The lowest BCUT2D eigenvalue weighted by atomic mass is 9.96. The smallest absolute Gasteiger partial charge is 0.270 e. The standard InChI is InChI=1S/C31H29FN6O5.C29H27N5O4/c1-4-37-25-11-18(5-10-27(25)43-15-28(37)40)13-33-30(41)24-12-26(38-29(35-24)22(32)14-34-38)31(42)36-23-9-8-20-16(2)19(17(3)39)6-7-21(20)23;1-16-20(17(2)35)4-5-22-21(16)6-7-23(22)33-29(37)25-14-24(32-27-9-11-31-34(25)27)28(36)30-15-18-3-8-26-19(13-18)10-12-38-26/h5-7,10-12,14,23H,4,8-9,13,15H2,1-3H3,(H,33,41)(H,36,42);3-5,8-9,11,13-14,23H,6-7,10,12,15H2,1-2H3,(H,30,36)(H,33,37)/t2*23-/m00/s1. The zero-order valence-corrected chi connectivity index (χ0v) is 45.1. The Morgan fingerprint density at radius 1 is 0.654 bits per heavy atom. The van der Waals surface area contributed by atoms with E-state index in [9.17, 15) is 38.0 Å². The highest BCUT2D eigenvalue weighted by Crippen LogP contribution is 2.37. The average molecular weight is 1090 g/mol. The van der Waals surface area contributed by atoms with Gasteiger partial charge in [-0.05, 0) is 129 Å². The van der Waals surface area contributed by atoms with E-state index < -0.39 is 17.6 Å². The normalized spacial score (nSPS) is 15.6. The second kappa shape index (κ2) is 21.9. The van der Waals surface area contributed by atoms with Gasteiger partial charge in [-0.1, -0.05) is 42.5 Å². The number of carbonyl (C=O) groups excluding carboxylic acids is 7. The highest BCUT2D eigenvalue weighted by molar-refractivity contribution is 6.01. The van der Waals surface area contributed by atoms with Gasteiger partial charge in [0.15, 0.2) is 35.3 Å². The van der Waals surface area contributed by atoms with Crippen molar-refractivity contribution in [2.75, 3.05) is 24.7 Å². The summed E-state index contributed by atoms with van der Waals surface area (Å²) in [5.74, 6) is -1.33. The van der Waals surface area contributed by atoms with Gasteiger partial charge in [-0.3, -0.25) is 33.6 Å². The molecule has 4 aliphatic rings. The molecule has 0 unspecified atom stereocenters. The molecule has 2 aliphatic carbocycles. The zero-order valence-electron chi connectivity index (χ0n) is 45.1. The zero-order chi connectivity index (χ0) is 56.8. The van der Waals surface area contributed by atoms with E-state index in [0.29, 0.717) is 66.3 Å². The van der Waals surface area contributed by atoms with Crippen LogP contribution in [0.1, 0.15) is 158 Å². The number of hydrogen-bond donors (Lipinski definition) is 4. The number of amides is 5. The summed E-state index contributed by atoms with van der Waals surface area (Å²) in [6.07, 6.45) is 6.18. The van der Waals surface area contributed by atoms with E-state index in [1.807, 2.05) is 57.2 Å². The molecule has 81 heavy (non-hydrogen) atoms. The molecule has 4 N–H and O–H groups in total. The van der Waals surface area contributed by atoms with Crippen molar-refractivity contribution in [2.45, 2.75) is 91.9 Å². The number of ketones is 2. The van der Waals surface area contributed by atoms with Gasteiger partial charge in [-0.25, -0.2) is 23.4 Å². The summed E-state index contributed by atoms with van der Waals surface area (Å²) < 4.78 is 28.2. The average Bonchev–Trinajstić information content (AvgIpc) is 4.37. The Morgan fingerprint density at radius 3 is 1.84 bits per heavy atom. The topological polar surface area (TPSA) is 250 Å². The molecule has 2 aliphatic heterocycles. The number of rotatable bonds is 13. The minimum Gasteiger partial charge on any atom is -0.493 e. The second-order valence-corrected chi connectivity index (χ2v) is 20.4. The number of anilines is 1. The van der Waals surface area contributed by atoms with E-state index in [2.05, 4.69) is 41.4 Å². The number of benzene rings is 4. The first-order valence-electron chi connectivity index (χ1n) is 26.7. The Bertz CT molecular complexity index is 3960. The van der Waals surface area contributed by atoms with Crippen molar-refractivity contribution in [3.8, 4) is 11.5 Å². The first-order valence-corrected chi connectivity index (χ1v) is 26.7. The van der Waals surface area contributed by atoms with E-state index in [4.69, 9.17) is 9.47 Å². The molecule has 21 heteroatoms. The van der Waals surface area contributed by atoms with Crippen molar-refractivity contribution in [3.05, 3.63) is 181 Å². The maximum absolute atomic E-state index is 14.6. The molecule has 0 saturated carbocycles. The van der Waals surface area contributed by atoms with Gasteiger partial charge in [-0.2, -0.15) is 10.2 Å². The van der Waals surface area contributed by atoms with E-state index in [-0.39, 0.29) is 82.9 Å². The third-order valence-electron chi connectivity index (χ3n) is 15.4. The first kappa shape index (κ1) is 53.3. The predicted octanol–water partition coefficient (Wildman–Crippen LogP) is 6.99. The number of fused-ring (bicyclic) bond motifs is 6. The summed E-state index contributed by atoms with van der Waals surface area (Å²) in [4.78, 5) is 99.5. The Kier molecular flexibility index (Phi) is 14.4. The Labute approximate surface area is 463 Å². The van der Waals surface area contributed by atoms with Crippen LogP contribution in [-0.2, 0) is 37.1 Å². The van der Waals surface area contributed by atoms with Crippen LogP contribution in [-0.4, -0.2) is 90.1 Å². The van der Waals surface area contributed by atoms with Gasteiger partial charge in [0.25, 0.3) is 29.5 Å². The molecule has 8 aromatic rings. The van der Waals surface area contributed by atoms with Gasteiger partial charge < -0.3 is 35.6 Å². The second-order valence-electron chi connectivity index (χ2n) is 20.4. The molecule has 4 aromatic carbocycles. The van der Waals surface area contributed by atoms with Gasteiger partial charge in [-0.15, -0.1) is 0 Å². The van der Waals surface area contributed by atoms with Gasteiger partial charge in [0.05, 0.1) is 36.8 Å². The summed E-state index contributed by atoms with van der Waals surface area (Å²) in [5.41, 5.74) is 11.1. The number of ether oxygens (including phenoxy) is 2. The van der Waals surface area contributed by atoms with Crippen LogP contribution in [0.5, 0.6) is 11.5 Å². The summed E-state index contributed by atoms with van der Waals surface area (Å²) in [5, 5.41) is 20.0. The van der Waals surface area contributed by atoms with E-state index >= 15 is 0 Å². The molecular weight excluding hydrogens is 1040 g/mol. The lowest BCUT2D eigenvalue weighted by Gasteiger charge is -2.28. The number of hydrogen-bond acceptors (Lipinski definition) is 13. The maximum atomic E-state index is 14.6. The van der Waals surface area contributed by atoms with Gasteiger partial charge in [0, 0.05) is 55.4 Å². The molecule has 20 nitrogen and oxygen atoms in total. The minimum atomic E-state index is -0.777. The summed E-state index contributed by atoms with van der Waals surface area (Å²) >= 11 is 0. The minimum absolute atomic E-state index is 0.0165. The van der Waals surface area contributed by atoms with Crippen LogP contribution in [0.4, 0.5) is 10.1 Å². The predicted molar refractivity (Wildman–Crippen MR) is 293 cm³/mol. The highest BCUT2D eigenvalue weighted by Gasteiger charge is 2.31. The Morgan fingerprint density at radius 2 is 1.23 bits per heavy atom. The molecule has 5 amide bonds. The largest absolute Gasteiger partial charge is 0.493 e. The van der Waals surface area contributed by atoms with E-state index in [0.717, 1.165) is 80.2 Å². The quantitative estimate of drug-likeness (QED) is 0.0851. The third kappa shape index (κ3) is 10.3. The van der Waals surface area contributed by atoms with Crippen LogP contribution in [0.2, 0.25) is 0 Å². The van der Waals surface area contributed by atoms with Crippen LogP contribution in [0.3, 0.4) is 0 Å². The first-order chi connectivity index (χ1) is 39.0. The maximum Gasteiger partial charge on any atom is 0.270 e. The molecule has 0 saturated heterocycles. The molecule has 4 aromatic heterocycles. The number of nitrogens with one attached hydrogen (secondary N) is 4. The fourth-order valence-corrected chi connectivity index (χ4v) is 11.3.